The van der Waals surface area contributed by atoms with Crippen LogP contribution in [0, 0.1) is 0 Å². The van der Waals surface area contributed by atoms with Gasteiger partial charge in [-0.25, -0.2) is 9.48 Å². The molecule has 3 rings (SSSR count). The van der Waals surface area contributed by atoms with Crippen LogP contribution in [0.25, 0.3) is 0 Å². The molecule has 0 atom stereocenters. The maximum absolute atomic E-state index is 10.8. The highest BCUT2D eigenvalue weighted by atomic mass is 16.5. The first-order valence-corrected chi connectivity index (χ1v) is 6.73. The van der Waals surface area contributed by atoms with Crippen molar-refractivity contribution in [1.82, 2.24) is 30.0 Å². The monoisotopic (exact) mass is 292 g/mol. The van der Waals surface area contributed by atoms with E-state index in [0.29, 0.717) is 18.3 Å². The van der Waals surface area contributed by atoms with Gasteiger partial charge in [-0.15, -0.1) is 5.10 Å². The highest BCUT2D eigenvalue weighted by Gasteiger charge is 2.31. The van der Waals surface area contributed by atoms with E-state index in [4.69, 9.17) is 9.63 Å². The van der Waals surface area contributed by atoms with E-state index in [2.05, 4.69) is 25.4 Å². The molecule has 9 nitrogen and oxygen atoms in total. The van der Waals surface area contributed by atoms with Crippen LogP contribution in [0.1, 0.15) is 48.0 Å². The summed E-state index contributed by atoms with van der Waals surface area (Å²) in [4.78, 5) is 17.2. The maximum atomic E-state index is 10.8. The molecule has 0 unspecified atom stereocenters. The molecule has 1 N–H and O–H groups in total. The smallest absolute Gasteiger partial charge is 0.358 e. The third-order valence-corrected chi connectivity index (χ3v) is 3.40. The minimum absolute atomic E-state index is 0.0353. The summed E-state index contributed by atoms with van der Waals surface area (Å²) in [5, 5.41) is 20.2. The van der Waals surface area contributed by atoms with E-state index >= 15 is 0 Å². The molecule has 2 aromatic heterocycles. The second kappa shape index (κ2) is 5.24. The highest BCUT2D eigenvalue weighted by molar-refractivity contribution is 5.84. The van der Waals surface area contributed by atoms with Gasteiger partial charge in [0.15, 0.2) is 11.5 Å². The van der Waals surface area contributed by atoms with E-state index in [1.807, 2.05) is 13.8 Å². The lowest BCUT2D eigenvalue weighted by Gasteiger charge is -2.37. The zero-order valence-electron chi connectivity index (χ0n) is 11.8. The SMILES string of the molecule is CC(C)c1noc(CN2CC(n3cc(C(=O)O)nn3)C2)n1. The molecular weight excluding hydrogens is 276 g/mol. The highest BCUT2D eigenvalue weighted by Crippen LogP contribution is 2.22. The third-order valence-electron chi connectivity index (χ3n) is 3.40. The molecule has 0 aromatic carbocycles. The second-order valence-corrected chi connectivity index (χ2v) is 5.44. The van der Waals surface area contributed by atoms with Crippen molar-refractivity contribution in [3.8, 4) is 0 Å². The van der Waals surface area contributed by atoms with Crippen molar-refractivity contribution in [3.05, 3.63) is 23.6 Å². The van der Waals surface area contributed by atoms with Crippen molar-refractivity contribution in [2.24, 2.45) is 0 Å². The van der Waals surface area contributed by atoms with Gasteiger partial charge in [0.05, 0.1) is 18.8 Å². The molecule has 1 saturated heterocycles. The number of carbonyl (C=O) groups is 1. The van der Waals surface area contributed by atoms with Gasteiger partial charge in [-0.3, -0.25) is 4.90 Å². The summed E-state index contributed by atoms with van der Waals surface area (Å²) in [6.45, 7) is 6.12. The summed E-state index contributed by atoms with van der Waals surface area (Å²) in [5.74, 6) is 0.493. The molecule has 1 aliphatic heterocycles. The molecule has 0 saturated carbocycles. The largest absolute Gasteiger partial charge is 0.476 e. The number of aromatic nitrogens is 5. The summed E-state index contributed by atoms with van der Waals surface area (Å²) in [5.41, 5.74) is -0.0353. The van der Waals surface area contributed by atoms with Gasteiger partial charge in [0.25, 0.3) is 0 Å². The van der Waals surface area contributed by atoms with Gasteiger partial charge in [0.2, 0.25) is 5.89 Å². The van der Waals surface area contributed by atoms with Crippen molar-refractivity contribution < 1.29 is 14.4 Å². The van der Waals surface area contributed by atoms with E-state index in [0.717, 1.165) is 13.1 Å². The van der Waals surface area contributed by atoms with Gasteiger partial charge in [-0.2, -0.15) is 4.98 Å². The minimum atomic E-state index is -1.07. The third kappa shape index (κ3) is 2.77. The molecule has 1 aliphatic rings. The van der Waals surface area contributed by atoms with E-state index in [1.54, 1.807) is 4.68 Å². The van der Waals surface area contributed by atoms with E-state index < -0.39 is 5.97 Å². The summed E-state index contributed by atoms with van der Waals surface area (Å²) in [7, 11) is 0. The molecule has 0 radical (unpaired) electrons. The van der Waals surface area contributed by atoms with Gasteiger partial charge in [0.1, 0.15) is 0 Å². The molecule has 21 heavy (non-hydrogen) atoms. The van der Waals surface area contributed by atoms with Crippen LogP contribution >= 0.6 is 0 Å². The average molecular weight is 292 g/mol. The zero-order valence-corrected chi connectivity index (χ0v) is 11.8. The molecule has 0 spiro atoms. The first kappa shape index (κ1) is 13.7. The van der Waals surface area contributed by atoms with Crippen molar-refractivity contribution in [2.45, 2.75) is 32.4 Å². The fraction of sp³-hybridized carbons (Fsp3) is 0.583. The summed E-state index contributed by atoms with van der Waals surface area (Å²) >= 11 is 0. The number of rotatable bonds is 5. The van der Waals surface area contributed by atoms with Crippen molar-refractivity contribution in [3.63, 3.8) is 0 Å². The Morgan fingerprint density at radius 3 is 2.86 bits per heavy atom. The normalized spacial score (nSPS) is 16.3. The van der Waals surface area contributed by atoms with Gasteiger partial charge < -0.3 is 9.63 Å². The quantitative estimate of drug-likeness (QED) is 0.850. The van der Waals surface area contributed by atoms with E-state index in [-0.39, 0.29) is 17.7 Å². The number of carboxylic acids is 1. The van der Waals surface area contributed by atoms with Crippen LogP contribution in [0.3, 0.4) is 0 Å². The Balaban J connectivity index is 1.54. The van der Waals surface area contributed by atoms with Crippen LogP contribution in [-0.2, 0) is 6.54 Å². The molecule has 112 valence electrons. The predicted octanol–water partition coefficient (Wildman–Crippen LogP) is 0.540. The molecule has 2 aromatic rings. The number of carboxylic acid groups (broad SMARTS) is 1. The molecule has 1 fully saturated rings. The van der Waals surface area contributed by atoms with Crippen molar-refractivity contribution in [2.75, 3.05) is 13.1 Å². The van der Waals surface area contributed by atoms with Crippen LogP contribution < -0.4 is 0 Å². The summed E-state index contributed by atoms with van der Waals surface area (Å²) in [6, 6.07) is 0.137. The van der Waals surface area contributed by atoms with Crippen LogP contribution in [0.15, 0.2) is 10.7 Å². The van der Waals surface area contributed by atoms with E-state index in [1.165, 1.54) is 6.20 Å². The number of hydrogen-bond acceptors (Lipinski definition) is 7. The Labute approximate surface area is 120 Å². The fourth-order valence-electron chi connectivity index (χ4n) is 2.15. The van der Waals surface area contributed by atoms with E-state index in [9.17, 15) is 4.79 Å². The zero-order chi connectivity index (χ0) is 15.0. The molecule has 0 aliphatic carbocycles. The van der Waals surface area contributed by atoms with Gasteiger partial charge >= 0.3 is 5.97 Å². The first-order valence-electron chi connectivity index (χ1n) is 6.73. The van der Waals surface area contributed by atoms with Crippen LogP contribution in [0.5, 0.6) is 0 Å². The molecule has 3 heterocycles. The Bertz CT molecular complexity index is 643. The van der Waals surface area contributed by atoms with Gasteiger partial charge in [-0.1, -0.05) is 24.2 Å². The standard InChI is InChI=1S/C12H16N6O3/c1-7(2)11-13-10(21-15-11)6-17-3-8(4-17)18-5-9(12(19)20)14-16-18/h5,7-8H,3-4,6H2,1-2H3,(H,19,20). The summed E-state index contributed by atoms with van der Waals surface area (Å²) in [6.07, 6.45) is 1.45. The summed E-state index contributed by atoms with van der Waals surface area (Å²) < 4.78 is 6.78. The van der Waals surface area contributed by atoms with Crippen LogP contribution in [-0.4, -0.2) is 54.2 Å². The first-order chi connectivity index (χ1) is 10.0. The Morgan fingerprint density at radius 1 is 1.52 bits per heavy atom. The lowest BCUT2D eigenvalue weighted by molar-refractivity contribution is 0.0689. The Kier molecular flexibility index (Phi) is 3.42. The van der Waals surface area contributed by atoms with Crippen LogP contribution in [0.2, 0.25) is 0 Å². The van der Waals surface area contributed by atoms with Crippen molar-refractivity contribution in [1.29, 1.82) is 0 Å². The number of aromatic carboxylic acids is 1. The van der Waals surface area contributed by atoms with Gasteiger partial charge in [0, 0.05) is 19.0 Å². The van der Waals surface area contributed by atoms with Gasteiger partial charge in [-0.05, 0) is 0 Å². The lowest BCUT2D eigenvalue weighted by atomic mass is 10.1. The van der Waals surface area contributed by atoms with Crippen LogP contribution in [0.4, 0.5) is 0 Å². The van der Waals surface area contributed by atoms with Crippen molar-refractivity contribution >= 4 is 5.97 Å². The predicted molar refractivity (Wildman–Crippen MR) is 69.7 cm³/mol. The number of nitrogens with zero attached hydrogens (tertiary/aromatic N) is 6. The maximum Gasteiger partial charge on any atom is 0.358 e. The average Bonchev–Trinajstić information content (AvgIpc) is 3.02. The number of hydrogen-bond donors (Lipinski definition) is 1. The Morgan fingerprint density at radius 2 is 2.29 bits per heavy atom. The second-order valence-electron chi connectivity index (χ2n) is 5.44. The minimum Gasteiger partial charge on any atom is -0.476 e. The Hall–Kier alpha value is -2.29. The molecule has 0 amide bonds. The topological polar surface area (TPSA) is 110 Å². The molecular formula is C12H16N6O3. The fourth-order valence-corrected chi connectivity index (χ4v) is 2.15. The number of likely N-dealkylation sites (tertiary alicyclic amines) is 1. The molecule has 9 heteroatoms. The molecule has 0 bridgehead atoms. The lowest BCUT2D eigenvalue weighted by Crippen LogP contribution is -2.47.